The van der Waals surface area contributed by atoms with Crippen molar-refractivity contribution < 1.29 is 9.90 Å². The van der Waals surface area contributed by atoms with Gasteiger partial charge in [0.25, 0.3) is 5.91 Å². The Bertz CT molecular complexity index is 1060. The van der Waals surface area contributed by atoms with E-state index in [0.29, 0.717) is 5.56 Å². The van der Waals surface area contributed by atoms with Crippen molar-refractivity contribution in [1.29, 1.82) is 0 Å². The number of benzene rings is 3. The fraction of sp³-hybridized carbons (Fsp3) is 0.167. The molecule has 0 saturated carbocycles. The quantitative estimate of drug-likeness (QED) is 0.520. The average molecular weight is 385 g/mol. The van der Waals surface area contributed by atoms with Crippen molar-refractivity contribution in [3.63, 3.8) is 0 Å². The molecule has 5 nitrogen and oxygen atoms in total. The second kappa shape index (κ2) is 7.80. The van der Waals surface area contributed by atoms with E-state index in [2.05, 4.69) is 41.4 Å². The van der Waals surface area contributed by atoms with Crippen LogP contribution in [0.4, 0.5) is 5.69 Å². The molecule has 146 valence electrons. The molecule has 0 aliphatic carbocycles. The minimum Gasteiger partial charge on any atom is -0.508 e. The largest absolute Gasteiger partial charge is 0.508 e. The van der Waals surface area contributed by atoms with Crippen LogP contribution in [0.15, 0.2) is 65.8 Å². The van der Waals surface area contributed by atoms with Crippen LogP contribution in [-0.4, -0.2) is 17.2 Å². The molecule has 2 N–H and O–H groups in total. The van der Waals surface area contributed by atoms with Crippen molar-refractivity contribution in [3.05, 3.63) is 94.0 Å². The molecule has 0 radical (unpaired) electrons. The third kappa shape index (κ3) is 4.14. The lowest BCUT2D eigenvalue weighted by Crippen LogP contribution is -2.19. The Morgan fingerprint density at radius 3 is 2.31 bits per heavy atom. The normalized spacial score (nSPS) is 13.0. The van der Waals surface area contributed by atoms with Gasteiger partial charge in [0.1, 0.15) is 5.75 Å². The van der Waals surface area contributed by atoms with Gasteiger partial charge in [-0.3, -0.25) is 4.79 Å². The van der Waals surface area contributed by atoms with Gasteiger partial charge in [-0.15, -0.1) is 0 Å². The number of carbonyl (C=O) groups excluding carboxylic acids is 1. The number of nitrogens with one attached hydrogen (secondary N) is 1. The van der Waals surface area contributed by atoms with Crippen LogP contribution in [0.5, 0.6) is 5.75 Å². The third-order valence-electron chi connectivity index (χ3n) is 5.28. The first-order valence-corrected chi connectivity index (χ1v) is 9.56. The number of aromatic hydroxyl groups is 1. The Morgan fingerprint density at radius 2 is 1.66 bits per heavy atom. The van der Waals surface area contributed by atoms with Crippen LogP contribution in [0.25, 0.3) is 0 Å². The van der Waals surface area contributed by atoms with E-state index >= 15 is 0 Å². The van der Waals surface area contributed by atoms with Gasteiger partial charge in [0.15, 0.2) is 0 Å². The van der Waals surface area contributed by atoms with Crippen LogP contribution < -0.4 is 10.3 Å². The minimum atomic E-state index is -0.259. The summed E-state index contributed by atoms with van der Waals surface area (Å²) in [4.78, 5) is 14.8. The number of hydrogen-bond donors (Lipinski definition) is 2. The molecule has 1 amide bonds. The Kier molecular flexibility index (Phi) is 5.04. The number of aryl methyl sites for hydroxylation is 2. The number of phenols is 1. The van der Waals surface area contributed by atoms with Crippen molar-refractivity contribution in [1.82, 2.24) is 5.43 Å². The first kappa shape index (κ1) is 18.7. The van der Waals surface area contributed by atoms with Gasteiger partial charge in [-0.1, -0.05) is 18.2 Å². The van der Waals surface area contributed by atoms with E-state index in [0.717, 1.165) is 24.3 Å². The summed E-state index contributed by atoms with van der Waals surface area (Å²) < 4.78 is 0. The zero-order valence-corrected chi connectivity index (χ0v) is 16.5. The molecule has 0 fully saturated rings. The highest BCUT2D eigenvalue weighted by Crippen LogP contribution is 2.30. The van der Waals surface area contributed by atoms with Crippen LogP contribution in [-0.2, 0) is 13.1 Å². The molecule has 0 spiro atoms. The van der Waals surface area contributed by atoms with E-state index < -0.39 is 0 Å². The molecule has 3 aromatic carbocycles. The van der Waals surface area contributed by atoms with E-state index in [1.165, 1.54) is 22.3 Å². The summed E-state index contributed by atoms with van der Waals surface area (Å²) in [6, 6.07) is 18.7. The zero-order chi connectivity index (χ0) is 20.4. The summed E-state index contributed by atoms with van der Waals surface area (Å²) >= 11 is 0. The van der Waals surface area contributed by atoms with Crippen molar-refractivity contribution in [2.24, 2.45) is 5.10 Å². The summed E-state index contributed by atoms with van der Waals surface area (Å²) in [7, 11) is 0. The highest BCUT2D eigenvalue weighted by atomic mass is 16.3. The number of rotatable bonds is 4. The molecule has 0 unspecified atom stereocenters. The molecule has 0 aromatic heterocycles. The maximum atomic E-state index is 12.5. The molecule has 0 atom stereocenters. The SMILES string of the molecule is Cc1cc2c(cc1C)CN(c1cccc(C(=O)N/N=C\c3ccc(O)cc3)c1)C2. The van der Waals surface area contributed by atoms with Gasteiger partial charge in [-0.25, -0.2) is 5.43 Å². The highest BCUT2D eigenvalue weighted by Gasteiger charge is 2.20. The third-order valence-corrected chi connectivity index (χ3v) is 5.28. The van der Waals surface area contributed by atoms with Crippen molar-refractivity contribution in [3.8, 4) is 5.75 Å². The highest BCUT2D eigenvalue weighted by molar-refractivity contribution is 5.95. The van der Waals surface area contributed by atoms with Crippen LogP contribution >= 0.6 is 0 Å². The summed E-state index contributed by atoms with van der Waals surface area (Å²) in [5, 5.41) is 13.3. The monoisotopic (exact) mass is 385 g/mol. The lowest BCUT2D eigenvalue weighted by molar-refractivity contribution is 0.0955. The first-order chi connectivity index (χ1) is 14.0. The van der Waals surface area contributed by atoms with E-state index in [4.69, 9.17) is 0 Å². The number of fused-ring (bicyclic) bond motifs is 1. The molecular formula is C24H23N3O2. The fourth-order valence-electron chi connectivity index (χ4n) is 3.51. The Morgan fingerprint density at radius 1 is 1.00 bits per heavy atom. The Labute approximate surface area is 170 Å². The molecule has 3 aromatic rings. The second-order valence-corrected chi connectivity index (χ2v) is 7.40. The zero-order valence-electron chi connectivity index (χ0n) is 16.5. The maximum Gasteiger partial charge on any atom is 0.271 e. The van der Waals surface area contributed by atoms with Crippen LogP contribution in [0, 0.1) is 13.8 Å². The molecule has 29 heavy (non-hydrogen) atoms. The van der Waals surface area contributed by atoms with Gasteiger partial charge in [0, 0.05) is 24.3 Å². The molecule has 5 heteroatoms. The predicted molar refractivity (Wildman–Crippen MR) is 115 cm³/mol. The maximum absolute atomic E-state index is 12.5. The van der Waals surface area contributed by atoms with Gasteiger partial charge < -0.3 is 10.0 Å². The van der Waals surface area contributed by atoms with E-state index in [9.17, 15) is 9.90 Å². The number of amides is 1. The van der Waals surface area contributed by atoms with Crippen LogP contribution in [0.1, 0.15) is 38.2 Å². The fourth-order valence-corrected chi connectivity index (χ4v) is 3.51. The van der Waals surface area contributed by atoms with Crippen LogP contribution in [0.2, 0.25) is 0 Å². The van der Waals surface area contributed by atoms with E-state index in [-0.39, 0.29) is 11.7 Å². The van der Waals surface area contributed by atoms with E-state index in [1.807, 2.05) is 18.2 Å². The number of hydrazone groups is 1. The summed E-state index contributed by atoms with van der Waals surface area (Å²) in [5.41, 5.74) is 10.3. The number of phenolic OH excluding ortho intramolecular Hbond substituents is 1. The first-order valence-electron chi connectivity index (χ1n) is 9.56. The molecule has 1 aliphatic rings. The average Bonchev–Trinajstić information content (AvgIpc) is 3.12. The molecule has 0 saturated heterocycles. The second-order valence-electron chi connectivity index (χ2n) is 7.40. The number of anilines is 1. The predicted octanol–water partition coefficient (Wildman–Crippen LogP) is 4.29. The van der Waals surface area contributed by atoms with Gasteiger partial charge in [0.2, 0.25) is 0 Å². The smallest absolute Gasteiger partial charge is 0.271 e. The van der Waals surface area contributed by atoms with Gasteiger partial charge in [0.05, 0.1) is 6.21 Å². The van der Waals surface area contributed by atoms with Crippen molar-refractivity contribution in [2.75, 3.05) is 4.90 Å². The lowest BCUT2D eigenvalue weighted by Gasteiger charge is -2.18. The number of nitrogens with zero attached hydrogens (tertiary/aromatic N) is 2. The number of hydrogen-bond acceptors (Lipinski definition) is 4. The van der Waals surface area contributed by atoms with Gasteiger partial charge in [-0.05, 0) is 84.1 Å². The standard InChI is InChI=1S/C24H23N3O2/c1-16-10-20-14-27(15-21(20)11-17(16)2)22-5-3-4-19(12-22)24(29)26-25-13-18-6-8-23(28)9-7-18/h3-13,28H,14-15H2,1-2H3,(H,26,29)/b25-13-. The molecular weight excluding hydrogens is 362 g/mol. The van der Waals surface area contributed by atoms with Gasteiger partial charge >= 0.3 is 0 Å². The van der Waals surface area contributed by atoms with Gasteiger partial charge in [-0.2, -0.15) is 5.10 Å². The molecule has 1 aliphatic heterocycles. The van der Waals surface area contributed by atoms with Crippen molar-refractivity contribution in [2.45, 2.75) is 26.9 Å². The summed E-state index contributed by atoms with van der Waals surface area (Å²) in [6.45, 7) is 5.98. The summed E-state index contributed by atoms with van der Waals surface area (Å²) in [5.74, 6) is -0.0670. The van der Waals surface area contributed by atoms with Crippen LogP contribution in [0.3, 0.4) is 0 Å². The Balaban J connectivity index is 1.45. The molecule has 0 bridgehead atoms. The topological polar surface area (TPSA) is 64.9 Å². The Hall–Kier alpha value is -3.60. The molecule has 4 rings (SSSR count). The molecule has 1 heterocycles. The van der Waals surface area contributed by atoms with E-state index in [1.54, 1.807) is 36.5 Å². The van der Waals surface area contributed by atoms with Crippen molar-refractivity contribution >= 4 is 17.8 Å². The lowest BCUT2D eigenvalue weighted by atomic mass is 10.0. The minimum absolute atomic E-state index is 0.192. The summed E-state index contributed by atoms with van der Waals surface area (Å²) in [6.07, 6.45) is 1.54. The number of carbonyl (C=O) groups is 1.